The molecule has 0 atom stereocenters. The summed E-state index contributed by atoms with van der Waals surface area (Å²) < 4.78 is 41.3. The van der Waals surface area contributed by atoms with Gasteiger partial charge in [-0.05, 0) is 66.2 Å². The maximum atomic E-state index is 13.5. The van der Waals surface area contributed by atoms with Crippen LogP contribution in [0.15, 0.2) is 102 Å². The van der Waals surface area contributed by atoms with Crippen LogP contribution < -0.4 is 0 Å². The standard InChI is InChI=1S/C26H16FN3O2S/c27-21-12-10-20(11-13-21)26-23(19-8-6-18(17-28)7-9-19)16-25-24(29-26)14-15-30(25)33(31,32)22-4-2-1-3-5-22/h1-16H. The summed E-state index contributed by atoms with van der Waals surface area (Å²) in [4.78, 5) is 4.92. The van der Waals surface area contributed by atoms with Gasteiger partial charge in [0.05, 0.1) is 33.3 Å². The summed E-state index contributed by atoms with van der Waals surface area (Å²) in [5.74, 6) is -0.361. The van der Waals surface area contributed by atoms with Crippen molar-refractivity contribution in [1.29, 1.82) is 5.26 Å². The van der Waals surface area contributed by atoms with Crippen molar-refractivity contribution in [3.8, 4) is 28.5 Å². The number of benzene rings is 3. The molecule has 0 aliphatic rings. The Hall–Kier alpha value is -4.28. The first-order valence-electron chi connectivity index (χ1n) is 10.1. The molecule has 2 aromatic heterocycles. The lowest BCUT2D eigenvalue weighted by atomic mass is 9.98. The van der Waals surface area contributed by atoms with Crippen LogP contribution in [0.1, 0.15) is 5.56 Å². The zero-order valence-electron chi connectivity index (χ0n) is 17.2. The summed E-state index contributed by atoms with van der Waals surface area (Å²) >= 11 is 0. The summed E-state index contributed by atoms with van der Waals surface area (Å²) in [7, 11) is -3.83. The van der Waals surface area contributed by atoms with Crippen LogP contribution in [0.4, 0.5) is 4.39 Å². The predicted molar refractivity (Wildman–Crippen MR) is 124 cm³/mol. The van der Waals surface area contributed by atoms with Gasteiger partial charge < -0.3 is 0 Å². The summed E-state index contributed by atoms with van der Waals surface area (Å²) in [6.07, 6.45) is 1.48. The molecule has 5 rings (SSSR count). The Labute approximate surface area is 190 Å². The molecule has 0 spiro atoms. The second-order valence-electron chi connectivity index (χ2n) is 7.41. The van der Waals surface area contributed by atoms with Crippen LogP contribution in [0.25, 0.3) is 33.4 Å². The number of pyridine rings is 1. The van der Waals surface area contributed by atoms with Gasteiger partial charge in [0.1, 0.15) is 5.82 Å². The van der Waals surface area contributed by atoms with Crippen LogP contribution in [-0.2, 0) is 10.0 Å². The first kappa shape index (κ1) is 20.6. The molecule has 0 amide bonds. The highest BCUT2D eigenvalue weighted by Gasteiger charge is 2.21. The van der Waals surface area contributed by atoms with Crippen LogP contribution >= 0.6 is 0 Å². The topological polar surface area (TPSA) is 75.8 Å². The van der Waals surface area contributed by atoms with Crippen LogP contribution in [0.5, 0.6) is 0 Å². The molecule has 0 bridgehead atoms. The van der Waals surface area contributed by atoms with E-state index in [-0.39, 0.29) is 10.7 Å². The molecule has 0 N–H and O–H groups in total. The van der Waals surface area contributed by atoms with Crippen molar-refractivity contribution in [1.82, 2.24) is 8.96 Å². The SMILES string of the molecule is N#Cc1ccc(-c2cc3c(ccn3S(=O)(=O)c3ccccc3)nc2-c2ccc(F)cc2)cc1. The zero-order chi connectivity index (χ0) is 23.0. The quantitative estimate of drug-likeness (QED) is 0.354. The largest absolute Gasteiger partial charge is 0.268 e. The molecule has 0 saturated carbocycles. The molecule has 0 aliphatic carbocycles. The third-order valence-corrected chi connectivity index (χ3v) is 7.08. The number of nitriles is 1. The normalized spacial score (nSPS) is 11.4. The van der Waals surface area contributed by atoms with Crippen LogP contribution in [0, 0.1) is 17.1 Å². The number of nitrogens with zero attached hydrogens (tertiary/aromatic N) is 3. The molecule has 0 fully saturated rings. The van der Waals surface area contributed by atoms with Crippen LogP contribution in [-0.4, -0.2) is 17.4 Å². The molecule has 0 unspecified atom stereocenters. The lowest BCUT2D eigenvalue weighted by Crippen LogP contribution is -2.11. The van der Waals surface area contributed by atoms with E-state index in [0.29, 0.717) is 33.4 Å². The minimum atomic E-state index is -3.83. The molecular weight excluding hydrogens is 437 g/mol. The average Bonchev–Trinajstić information content (AvgIpc) is 3.28. The fourth-order valence-electron chi connectivity index (χ4n) is 3.72. The molecule has 2 heterocycles. The van der Waals surface area contributed by atoms with E-state index in [4.69, 9.17) is 10.2 Å². The monoisotopic (exact) mass is 453 g/mol. The lowest BCUT2D eigenvalue weighted by molar-refractivity contribution is 0.589. The maximum Gasteiger partial charge on any atom is 0.268 e. The predicted octanol–water partition coefficient (Wildman–Crippen LogP) is 5.62. The van der Waals surface area contributed by atoms with E-state index in [1.165, 1.54) is 22.3 Å². The average molecular weight is 453 g/mol. The van der Waals surface area contributed by atoms with Gasteiger partial charge in [-0.2, -0.15) is 5.26 Å². The maximum absolute atomic E-state index is 13.5. The van der Waals surface area contributed by atoms with E-state index < -0.39 is 10.0 Å². The number of fused-ring (bicyclic) bond motifs is 1. The molecule has 3 aromatic carbocycles. The molecule has 0 saturated heterocycles. The minimum Gasteiger partial charge on any atom is -0.245 e. The van der Waals surface area contributed by atoms with Crippen LogP contribution in [0.2, 0.25) is 0 Å². The highest BCUT2D eigenvalue weighted by atomic mass is 32.2. The molecule has 5 nitrogen and oxygen atoms in total. The van der Waals surface area contributed by atoms with E-state index in [1.54, 1.807) is 78.9 Å². The Balaban J connectivity index is 1.77. The van der Waals surface area contributed by atoms with Gasteiger partial charge in [-0.25, -0.2) is 21.8 Å². The zero-order valence-corrected chi connectivity index (χ0v) is 18.0. The summed E-state index contributed by atoms with van der Waals surface area (Å²) in [5, 5.41) is 9.14. The van der Waals surface area contributed by atoms with Gasteiger partial charge in [0.15, 0.2) is 0 Å². The van der Waals surface area contributed by atoms with Crippen LogP contribution in [0.3, 0.4) is 0 Å². The molecule has 0 radical (unpaired) electrons. The Bertz CT molecular complexity index is 1620. The first-order valence-corrected chi connectivity index (χ1v) is 11.5. The minimum absolute atomic E-state index is 0.171. The third-order valence-electron chi connectivity index (χ3n) is 5.38. The highest BCUT2D eigenvalue weighted by molar-refractivity contribution is 7.90. The van der Waals surface area contributed by atoms with Crippen molar-refractivity contribution in [3.63, 3.8) is 0 Å². The number of halogens is 1. The van der Waals surface area contributed by atoms with E-state index in [1.807, 2.05) is 0 Å². The lowest BCUT2D eigenvalue weighted by Gasteiger charge is -2.13. The highest BCUT2D eigenvalue weighted by Crippen LogP contribution is 2.35. The van der Waals surface area contributed by atoms with E-state index in [0.717, 1.165) is 5.56 Å². The van der Waals surface area contributed by atoms with Gasteiger partial charge in [-0.3, -0.25) is 0 Å². The van der Waals surface area contributed by atoms with Crippen molar-refractivity contribution in [2.24, 2.45) is 0 Å². The van der Waals surface area contributed by atoms with Crippen molar-refractivity contribution in [2.45, 2.75) is 4.90 Å². The van der Waals surface area contributed by atoms with Gasteiger partial charge in [-0.15, -0.1) is 0 Å². The van der Waals surface area contributed by atoms with E-state index in [2.05, 4.69) is 6.07 Å². The second kappa shape index (κ2) is 8.01. The third kappa shape index (κ3) is 3.67. The molecule has 7 heteroatoms. The summed E-state index contributed by atoms with van der Waals surface area (Å²) in [6, 6.07) is 26.6. The van der Waals surface area contributed by atoms with Crippen molar-refractivity contribution < 1.29 is 12.8 Å². The number of hydrogen-bond donors (Lipinski definition) is 0. The second-order valence-corrected chi connectivity index (χ2v) is 9.23. The summed E-state index contributed by atoms with van der Waals surface area (Å²) in [5.41, 5.74) is 4.12. The molecule has 33 heavy (non-hydrogen) atoms. The number of aromatic nitrogens is 2. The Morgan fingerprint density at radius 2 is 1.52 bits per heavy atom. The Morgan fingerprint density at radius 1 is 0.848 bits per heavy atom. The van der Waals surface area contributed by atoms with Crippen molar-refractivity contribution in [2.75, 3.05) is 0 Å². The van der Waals surface area contributed by atoms with Gasteiger partial charge in [0, 0.05) is 17.3 Å². The molecule has 0 aliphatic heterocycles. The first-order chi connectivity index (χ1) is 16.0. The fourth-order valence-corrected chi connectivity index (χ4v) is 5.08. The smallest absolute Gasteiger partial charge is 0.245 e. The Kier molecular flexibility index (Phi) is 5.00. The van der Waals surface area contributed by atoms with E-state index in [9.17, 15) is 12.8 Å². The van der Waals surface area contributed by atoms with Gasteiger partial charge in [0.25, 0.3) is 10.0 Å². The van der Waals surface area contributed by atoms with Crippen molar-refractivity contribution >= 4 is 21.1 Å². The molecule has 5 aromatic rings. The number of rotatable bonds is 4. The Morgan fingerprint density at radius 3 is 2.18 bits per heavy atom. The van der Waals surface area contributed by atoms with Gasteiger partial charge >= 0.3 is 0 Å². The molecule has 160 valence electrons. The fraction of sp³-hybridized carbons (Fsp3) is 0. The molecular formula is C26H16FN3O2S. The van der Waals surface area contributed by atoms with Crippen molar-refractivity contribution in [3.05, 3.63) is 109 Å². The van der Waals surface area contributed by atoms with E-state index >= 15 is 0 Å². The number of hydrogen-bond acceptors (Lipinski definition) is 4. The van der Waals surface area contributed by atoms with Gasteiger partial charge in [0.2, 0.25) is 0 Å². The summed E-state index contributed by atoms with van der Waals surface area (Å²) in [6.45, 7) is 0. The van der Waals surface area contributed by atoms with Gasteiger partial charge in [-0.1, -0.05) is 30.3 Å².